The topological polar surface area (TPSA) is 38.5 Å². The fourth-order valence-electron chi connectivity index (χ4n) is 1.38. The SMILES string of the molecule is CN(C)CCOc1ccc(F)cc1CCN. The molecule has 1 rings (SSSR count). The second kappa shape index (κ2) is 6.45. The molecule has 4 heteroatoms. The average Bonchev–Trinajstić information content (AvgIpc) is 2.21. The van der Waals surface area contributed by atoms with Crippen LogP contribution >= 0.6 is 0 Å². The van der Waals surface area contributed by atoms with Crippen molar-refractivity contribution < 1.29 is 9.13 Å². The summed E-state index contributed by atoms with van der Waals surface area (Å²) >= 11 is 0. The zero-order valence-corrected chi connectivity index (χ0v) is 9.87. The van der Waals surface area contributed by atoms with E-state index in [0.717, 1.165) is 17.9 Å². The predicted octanol–water partition coefficient (Wildman–Crippen LogP) is 1.27. The van der Waals surface area contributed by atoms with E-state index in [1.54, 1.807) is 6.07 Å². The number of likely N-dealkylation sites (N-methyl/N-ethyl adjacent to an activating group) is 1. The third-order valence-electron chi connectivity index (χ3n) is 2.23. The van der Waals surface area contributed by atoms with E-state index in [2.05, 4.69) is 0 Å². The molecule has 0 aromatic heterocycles. The molecule has 0 aliphatic heterocycles. The van der Waals surface area contributed by atoms with E-state index in [9.17, 15) is 4.39 Å². The molecule has 0 radical (unpaired) electrons. The Labute approximate surface area is 96.0 Å². The van der Waals surface area contributed by atoms with Gasteiger partial charge < -0.3 is 15.4 Å². The Morgan fingerprint density at radius 2 is 2.12 bits per heavy atom. The van der Waals surface area contributed by atoms with E-state index in [1.165, 1.54) is 12.1 Å². The number of halogens is 1. The fraction of sp³-hybridized carbons (Fsp3) is 0.500. The molecule has 0 aliphatic rings. The van der Waals surface area contributed by atoms with Crippen LogP contribution in [-0.4, -0.2) is 38.7 Å². The maximum Gasteiger partial charge on any atom is 0.123 e. The largest absolute Gasteiger partial charge is 0.492 e. The molecule has 0 unspecified atom stereocenters. The molecular weight excluding hydrogens is 207 g/mol. The van der Waals surface area contributed by atoms with Gasteiger partial charge in [-0.3, -0.25) is 0 Å². The van der Waals surface area contributed by atoms with Crippen molar-refractivity contribution in [3.63, 3.8) is 0 Å². The smallest absolute Gasteiger partial charge is 0.123 e. The minimum absolute atomic E-state index is 0.247. The maximum atomic E-state index is 13.0. The second-order valence-corrected chi connectivity index (χ2v) is 3.94. The Balaban J connectivity index is 2.63. The Morgan fingerprint density at radius 1 is 1.38 bits per heavy atom. The summed E-state index contributed by atoms with van der Waals surface area (Å²) in [5, 5.41) is 0. The highest BCUT2D eigenvalue weighted by Gasteiger charge is 2.04. The van der Waals surface area contributed by atoms with Gasteiger partial charge >= 0.3 is 0 Å². The van der Waals surface area contributed by atoms with Crippen molar-refractivity contribution in [1.29, 1.82) is 0 Å². The highest BCUT2D eigenvalue weighted by Crippen LogP contribution is 2.19. The zero-order chi connectivity index (χ0) is 12.0. The third-order valence-corrected chi connectivity index (χ3v) is 2.23. The summed E-state index contributed by atoms with van der Waals surface area (Å²) in [7, 11) is 3.96. The van der Waals surface area contributed by atoms with Gasteiger partial charge in [0.1, 0.15) is 18.2 Å². The quantitative estimate of drug-likeness (QED) is 0.794. The van der Waals surface area contributed by atoms with Crippen LogP contribution < -0.4 is 10.5 Å². The van der Waals surface area contributed by atoms with Crippen LogP contribution in [0, 0.1) is 5.82 Å². The standard InChI is InChI=1S/C12H19FN2O/c1-15(2)7-8-16-12-4-3-11(13)9-10(12)5-6-14/h3-4,9H,5-8,14H2,1-2H3. The molecule has 0 amide bonds. The van der Waals surface area contributed by atoms with Gasteiger partial charge in [-0.1, -0.05) is 0 Å². The Kier molecular flexibility index (Phi) is 5.22. The number of nitrogens with zero attached hydrogens (tertiary/aromatic N) is 1. The summed E-state index contributed by atoms with van der Waals surface area (Å²) in [5.41, 5.74) is 6.30. The van der Waals surface area contributed by atoms with Gasteiger partial charge in [-0.25, -0.2) is 4.39 Å². The van der Waals surface area contributed by atoms with E-state index >= 15 is 0 Å². The van der Waals surface area contributed by atoms with Crippen molar-refractivity contribution in [2.75, 3.05) is 33.8 Å². The van der Waals surface area contributed by atoms with E-state index in [1.807, 2.05) is 19.0 Å². The Bertz CT molecular complexity index is 329. The molecular formula is C12H19FN2O. The van der Waals surface area contributed by atoms with Crippen molar-refractivity contribution in [3.8, 4) is 5.75 Å². The normalized spacial score (nSPS) is 10.8. The molecule has 2 N–H and O–H groups in total. The highest BCUT2D eigenvalue weighted by molar-refractivity contribution is 5.34. The summed E-state index contributed by atoms with van der Waals surface area (Å²) in [6, 6.07) is 4.55. The summed E-state index contributed by atoms with van der Waals surface area (Å²) < 4.78 is 18.6. The third kappa shape index (κ3) is 4.16. The van der Waals surface area contributed by atoms with Gasteiger partial charge in [0.15, 0.2) is 0 Å². The number of hydrogen-bond acceptors (Lipinski definition) is 3. The molecule has 0 atom stereocenters. The van der Waals surface area contributed by atoms with E-state index in [-0.39, 0.29) is 5.82 Å². The zero-order valence-electron chi connectivity index (χ0n) is 9.87. The van der Waals surface area contributed by atoms with Crippen LogP contribution in [0.3, 0.4) is 0 Å². The summed E-state index contributed by atoms with van der Waals surface area (Å²) in [6.45, 7) is 1.92. The number of hydrogen-bond donors (Lipinski definition) is 1. The predicted molar refractivity (Wildman–Crippen MR) is 63.2 cm³/mol. The monoisotopic (exact) mass is 226 g/mol. The van der Waals surface area contributed by atoms with E-state index in [0.29, 0.717) is 19.6 Å². The lowest BCUT2D eigenvalue weighted by molar-refractivity contribution is 0.259. The first kappa shape index (κ1) is 12.9. The lowest BCUT2D eigenvalue weighted by Gasteiger charge is -2.13. The van der Waals surface area contributed by atoms with Crippen molar-refractivity contribution in [2.24, 2.45) is 5.73 Å². The average molecular weight is 226 g/mol. The molecule has 3 nitrogen and oxygen atoms in total. The van der Waals surface area contributed by atoms with Gasteiger partial charge in [0.05, 0.1) is 0 Å². The van der Waals surface area contributed by atoms with Crippen LogP contribution in [0.15, 0.2) is 18.2 Å². The molecule has 1 aromatic rings. The first-order valence-corrected chi connectivity index (χ1v) is 5.39. The van der Waals surface area contributed by atoms with E-state index < -0.39 is 0 Å². The number of ether oxygens (including phenoxy) is 1. The van der Waals surface area contributed by atoms with Gasteiger partial charge in [-0.15, -0.1) is 0 Å². The van der Waals surface area contributed by atoms with Crippen molar-refractivity contribution in [2.45, 2.75) is 6.42 Å². The minimum Gasteiger partial charge on any atom is -0.492 e. The lowest BCUT2D eigenvalue weighted by Crippen LogP contribution is -2.20. The van der Waals surface area contributed by atoms with Crippen LogP contribution in [0.1, 0.15) is 5.56 Å². The van der Waals surface area contributed by atoms with Crippen molar-refractivity contribution >= 4 is 0 Å². The van der Waals surface area contributed by atoms with Crippen molar-refractivity contribution in [3.05, 3.63) is 29.6 Å². The van der Waals surface area contributed by atoms with Crippen molar-refractivity contribution in [1.82, 2.24) is 4.90 Å². The van der Waals surface area contributed by atoms with Crippen LogP contribution in [0.5, 0.6) is 5.75 Å². The molecule has 90 valence electrons. The maximum absolute atomic E-state index is 13.0. The van der Waals surface area contributed by atoms with Crippen LogP contribution in [-0.2, 0) is 6.42 Å². The summed E-state index contributed by atoms with van der Waals surface area (Å²) in [4.78, 5) is 2.03. The number of nitrogens with two attached hydrogens (primary N) is 1. The van der Waals surface area contributed by atoms with Crippen LogP contribution in [0.2, 0.25) is 0 Å². The van der Waals surface area contributed by atoms with E-state index in [4.69, 9.17) is 10.5 Å². The summed E-state index contributed by atoms with van der Waals surface area (Å²) in [6.07, 6.45) is 0.634. The number of benzene rings is 1. The van der Waals surface area contributed by atoms with Gasteiger partial charge in [0, 0.05) is 6.54 Å². The summed E-state index contributed by atoms with van der Waals surface area (Å²) in [5.74, 6) is 0.483. The van der Waals surface area contributed by atoms with Gasteiger partial charge in [0.25, 0.3) is 0 Å². The van der Waals surface area contributed by atoms with Gasteiger partial charge in [-0.2, -0.15) is 0 Å². The molecule has 1 aromatic carbocycles. The van der Waals surface area contributed by atoms with Gasteiger partial charge in [0.2, 0.25) is 0 Å². The molecule has 0 heterocycles. The Morgan fingerprint density at radius 3 is 2.75 bits per heavy atom. The number of rotatable bonds is 6. The molecule has 0 bridgehead atoms. The molecule has 0 saturated heterocycles. The van der Waals surface area contributed by atoms with Gasteiger partial charge in [-0.05, 0) is 50.8 Å². The molecule has 0 aliphatic carbocycles. The lowest BCUT2D eigenvalue weighted by atomic mass is 10.1. The minimum atomic E-state index is -0.247. The fourth-order valence-corrected chi connectivity index (χ4v) is 1.38. The molecule has 0 spiro atoms. The second-order valence-electron chi connectivity index (χ2n) is 3.94. The Hall–Kier alpha value is -1.13. The molecule has 16 heavy (non-hydrogen) atoms. The highest BCUT2D eigenvalue weighted by atomic mass is 19.1. The molecule has 0 fully saturated rings. The van der Waals surface area contributed by atoms with Crippen LogP contribution in [0.4, 0.5) is 4.39 Å². The van der Waals surface area contributed by atoms with Crippen LogP contribution in [0.25, 0.3) is 0 Å². The molecule has 0 saturated carbocycles. The first-order valence-electron chi connectivity index (χ1n) is 5.39. The first-order chi connectivity index (χ1) is 7.63.